The third-order valence-corrected chi connectivity index (χ3v) is 3.70. The Labute approximate surface area is 110 Å². The van der Waals surface area contributed by atoms with Crippen LogP contribution in [0.25, 0.3) is 0 Å². The Bertz CT molecular complexity index is 542. The Kier molecular flexibility index (Phi) is 3.91. The first kappa shape index (κ1) is 14.4. The van der Waals surface area contributed by atoms with Gasteiger partial charge in [-0.1, -0.05) is 12.1 Å². The summed E-state index contributed by atoms with van der Waals surface area (Å²) in [6.45, 7) is -0.184. The molecule has 0 amide bonds. The van der Waals surface area contributed by atoms with Gasteiger partial charge in [0.2, 0.25) is 5.79 Å². The van der Waals surface area contributed by atoms with E-state index in [1.807, 2.05) is 0 Å². The highest BCUT2D eigenvalue weighted by Crippen LogP contribution is 2.35. The molecule has 5 nitrogen and oxygen atoms in total. The number of hydrogen-bond acceptors (Lipinski definition) is 5. The molecule has 1 heterocycles. The number of sulfone groups is 1. The highest BCUT2D eigenvalue weighted by Gasteiger charge is 2.45. The summed E-state index contributed by atoms with van der Waals surface area (Å²) in [7, 11) is -3.38. The van der Waals surface area contributed by atoms with Crippen molar-refractivity contribution >= 4 is 9.84 Å². The average molecular weight is 290 g/mol. The zero-order chi connectivity index (χ0) is 14.1. The zero-order valence-electron chi connectivity index (χ0n) is 10.4. The Balaban J connectivity index is 2.37. The fourth-order valence-corrected chi connectivity index (χ4v) is 3.02. The van der Waals surface area contributed by atoms with E-state index in [0.717, 1.165) is 6.26 Å². The lowest BCUT2D eigenvalue weighted by atomic mass is 10.1. The molecule has 0 spiro atoms. The van der Waals surface area contributed by atoms with Crippen molar-refractivity contribution in [2.45, 2.75) is 11.9 Å². The van der Waals surface area contributed by atoms with Gasteiger partial charge in [0.05, 0.1) is 13.2 Å². The van der Waals surface area contributed by atoms with E-state index in [2.05, 4.69) is 0 Å². The highest BCUT2D eigenvalue weighted by atomic mass is 32.2. The molecule has 1 saturated heterocycles. The van der Waals surface area contributed by atoms with E-state index in [4.69, 9.17) is 14.6 Å². The molecule has 1 N–H and O–H groups in total. The van der Waals surface area contributed by atoms with E-state index in [9.17, 15) is 12.8 Å². The molecule has 1 aliphatic heterocycles. The molecule has 1 fully saturated rings. The Morgan fingerprint density at radius 2 is 2.05 bits per heavy atom. The summed E-state index contributed by atoms with van der Waals surface area (Å²) in [5.74, 6) is -2.30. The molecule has 106 valence electrons. The molecule has 0 saturated carbocycles. The van der Waals surface area contributed by atoms with Gasteiger partial charge in [0.15, 0.2) is 9.84 Å². The number of ether oxygens (including phenoxy) is 2. The molecule has 0 aromatic heterocycles. The number of hydrogen-bond donors (Lipinski definition) is 1. The van der Waals surface area contributed by atoms with Gasteiger partial charge in [0.1, 0.15) is 17.7 Å². The second kappa shape index (κ2) is 5.16. The molecule has 1 aliphatic rings. The van der Waals surface area contributed by atoms with Gasteiger partial charge >= 0.3 is 0 Å². The first-order valence-corrected chi connectivity index (χ1v) is 7.77. The van der Waals surface area contributed by atoms with E-state index in [1.54, 1.807) is 0 Å². The third-order valence-electron chi connectivity index (χ3n) is 2.80. The van der Waals surface area contributed by atoms with Crippen LogP contribution in [0, 0.1) is 5.82 Å². The standard InChI is InChI=1S/C12H15FO5S/c1-19(15,16)8-12(17-7-11(6-14)18-12)9-2-4-10(13)5-3-9/h2-5,11,14H,6-8H2,1H3/t11-,12+/m0/s1. The van der Waals surface area contributed by atoms with Crippen molar-refractivity contribution in [3.8, 4) is 0 Å². The van der Waals surface area contributed by atoms with Crippen LogP contribution < -0.4 is 0 Å². The molecule has 0 radical (unpaired) electrons. The number of halogens is 1. The van der Waals surface area contributed by atoms with E-state index >= 15 is 0 Å². The molecular weight excluding hydrogens is 275 g/mol. The zero-order valence-corrected chi connectivity index (χ0v) is 11.2. The van der Waals surface area contributed by atoms with Crippen LogP contribution in [0.3, 0.4) is 0 Å². The minimum atomic E-state index is -3.38. The van der Waals surface area contributed by atoms with Crippen molar-refractivity contribution in [3.05, 3.63) is 35.6 Å². The minimum Gasteiger partial charge on any atom is -0.394 e. The third kappa shape index (κ3) is 3.30. The number of benzene rings is 1. The Morgan fingerprint density at radius 1 is 1.42 bits per heavy atom. The van der Waals surface area contributed by atoms with Crippen molar-refractivity contribution in [2.75, 3.05) is 25.2 Å². The first-order valence-electron chi connectivity index (χ1n) is 5.71. The lowest BCUT2D eigenvalue weighted by Crippen LogP contribution is -2.36. The summed E-state index contributed by atoms with van der Waals surface area (Å²) in [5.41, 5.74) is 0.412. The average Bonchev–Trinajstić information content (AvgIpc) is 2.72. The van der Waals surface area contributed by atoms with E-state index in [1.165, 1.54) is 24.3 Å². The van der Waals surface area contributed by atoms with Gasteiger partial charge in [-0.3, -0.25) is 0 Å². The minimum absolute atomic E-state index is 0.0867. The Hall–Kier alpha value is -1.02. The lowest BCUT2D eigenvalue weighted by molar-refractivity contribution is -0.162. The van der Waals surface area contributed by atoms with Gasteiger partial charge in [-0.15, -0.1) is 0 Å². The second-order valence-electron chi connectivity index (χ2n) is 4.56. The van der Waals surface area contributed by atoms with E-state index in [-0.39, 0.29) is 19.0 Å². The quantitative estimate of drug-likeness (QED) is 0.870. The van der Waals surface area contributed by atoms with Crippen LogP contribution in [-0.4, -0.2) is 44.9 Å². The van der Waals surface area contributed by atoms with Crippen molar-refractivity contribution in [3.63, 3.8) is 0 Å². The molecule has 0 unspecified atom stereocenters. The second-order valence-corrected chi connectivity index (χ2v) is 6.70. The van der Waals surface area contributed by atoms with Crippen LogP contribution in [0.5, 0.6) is 0 Å². The van der Waals surface area contributed by atoms with Crippen LogP contribution in [-0.2, 0) is 25.1 Å². The molecule has 7 heteroatoms. The van der Waals surface area contributed by atoms with Gasteiger partial charge in [-0.05, 0) is 12.1 Å². The van der Waals surface area contributed by atoms with Crippen LogP contribution in [0.2, 0.25) is 0 Å². The first-order chi connectivity index (χ1) is 8.85. The van der Waals surface area contributed by atoms with Gasteiger partial charge in [-0.2, -0.15) is 0 Å². The van der Waals surface area contributed by atoms with Crippen molar-refractivity contribution < 1.29 is 27.4 Å². The summed E-state index contributed by atoms with van der Waals surface area (Å²) in [5, 5.41) is 9.07. The summed E-state index contributed by atoms with van der Waals surface area (Å²) in [6.07, 6.45) is 0.476. The maximum Gasteiger partial charge on any atom is 0.209 e. The molecule has 1 aromatic rings. The maximum atomic E-state index is 12.9. The Morgan fingerprint density at radius 3 is 2.53 bits per heavy atom. The van der Waals surface area contributed by atoms with Crippen molar-refractivity contribution in [1.29, 1.82) is 0 Å². The van der Waals surface area contributed by atoms with E-state index < -0.39 is 27.5 Å². The van der Waals surface area contributed by atoms with Gasteiger partial charge in [0, 0.05) is 11.8 Å². The molecule has 0 aliphatic carbocycles. The lowest BCUT2D eigenvalue weighted by Gasteiger charge is -2.27. The summed E-state index contributed by atoms with van der Waals surface area (Å²) >= 11 is 0. The van der Waals surface area contributed by atoms with Gasteiger partial charge < -0.3 is 14.6 Å². The molecule has 0 bridgehead atoms. The fraction of sp³-hybridized carbons (Fsp3) is 0.500. The fourth-order valence-electron chi connectivity index (χ4n) is 2.01. The smallest absolute Gasteiger partial charge is 0.209 e. The summed E-state index contributed by atoms with van der Waals surface area (Å²) in [6, 6.07) is 5.25. The van der Waals surface area contributed by atoms with Crippen LogP contribution >= 0.6 is 0 Å². The molecule has 2 atom stereocenters. The molecular formula is C12H15FO5S. The van der Waals surface area contributed by atoms with Gasteiger partial charge in [-0.25, -0.2) is 12.8 Å². The van der Waals surface area contributed by atoms with Crippen LogP contribution in [0.4, 0.5) is 4.39 Å². The number of rotatable bonds is 4. The van der Waals surface area contributed by atoms with Crippen LogP contribution in [0.1, 0.15) is 5.56 Å². The normalized spacial score (nSPS) is 27.6. The van der Waals surface area contributed by atoms with Crippen molar-refractivity contribution in [2.24, 2.45) is 0 Å². The molecule has 1 aromatic carbocycles. The summed E-state index contributed by atoms with van der Waals surface area (Å²) in [4.78, 5) is 0. The molecule has 19 heavy (non-hydrogen) atoms. The highest BCUT2D eigenvalue weighted by molar-refractivity contribution is 7.90. The molecule has 2 rings (SSSR count). The topological polar surface area (TPSA) is 72.8 Å². The van der Waals surface area contributed by atoms with E-state index in [0.29, 0.717) is 5.56 Å². The number of aliphatic hydroxyl groups excluding tert-OH is 1. The number of aliphatic hydroxyl groups is 1. The predicted molar refractivity (Wildman–Crippen MR) is 65.7 cm³/mol. The summed E-state index contributed by atoms with van der Waals surface area (Å²) < 4.78 is 47.0. The SMILES string of the molecule is CS(=O)(=O)C[C@@]1(c2ccc(F)cc2)OC[C@H](CO)O1. The van der Waals surface area contributed by atoms with Crippen molar-refractivity contribution in [1.82, 2.24) is 0 Å². The largest absolute Gasteiger partial charge is 0.394 e. The maximum absolute atomic E-state index is 12.9. The van der Waals surface area contributed by atoms with Crippen LogP contribution in [0.15, 0.2) is 24.3 Å². The van der Waals surface area contributed by atoms with Gasteiger partial charge in [0.25, 0.3) is 0 Å². The monoisotopic (exact) mass is 290 g/mol. The predicted octanol–water partition coefficient (Wildman–Crippen LogP) is 0.431.